The van der Waals surface area contributed by atoms with E-state index in [-0.39, 0.29) is 11.9 Å². The minimum absolute atomic E-state index is 0.142. The summed E-state index contributed by atoms with van der Waals surface area (Å²) >= 11 is 0. The molecule has 0 aromatic heterocycles. The highest BCUT2D eigenvalue weighted by Gasteiger charge is 2.16. The summed E-state index contributed by atoms with van der Waals surface area (Å²) in [6, 6.07) is -0.142. The molecule has 1 atom stereocenters. The standard InChI is InChI=1S/C8H19N3O/c1-11(2)7(8(10)12)5-3-4-6-9/h7H,3-6,9H2,1-2H3,(H2,10,12)/t7-/m0/s1. The number of carbonyl (C=O) groups is 1. The van der Waals surface area contributed by atoms with Crippen molar-refractivity contribution in [3.05, 3.63) is 0 Å². The Labute approximate surface area is 73.9 Å². The second kappa shape index (κ2) is 5.97. The maximum absolute atomic E-state index is 10.9. The van der Waals surface area contributed by atoms with Gasteiger partial charge in [0, 0.05) is 0 Å². The zero-order valence-corrected chi connectivity index (χ0v) is 7.92. The highest BCUT2D eigenvalue weighted by Crippen LogP contribution is 2.04. The van der Waals surface area contributed by atoms with Gasteiger partial charge in [0.2, 0.25) is 5.91 Å². The topological polar surface area (TPSA) is 72.3 Å². The minimum atomic E-state index is -0.253. The van der Waals surface area contributed by atoms with Gasteiger partial charge in [0.1, 0.15) is 0 Å². The van der Waals surface area contributed by atoms with Crippen LogP contribution in [0.25, 0.3) is 0 Å². The van der Waals surface area contributed by atoms with Gasteiger partial charge in [-0.3, -0.25) is 9.69 Å². The highest BCUT2D eigenvalue weighted by atomic mass is 16.1. The first kappa shape index (κ1) is 11.4. The summed E-state index contributed by atoms with van der Waals surface area (Å²) in [6.45, 7) is 0.679. The Morgan fingerprint density at radius 1 is 1.42 bits per heavy atom. The molecule has 0 fully saturated rings. The molecule has 0 spiro atoms. The predicted molar refractivity (Wildman–Crippen MR) is 49.6 cm³/mol. The van der Waals surface area contributed by atoms with Crippen molar-refractivity contribution >= 4 is 5.91 Å². The van der Waals surface area contributed by atoms with Crippen LogP contribution in [0.2, 0.25) is 0 Å². The lowest BCUT2D eigenvalue weighted by atomic mass is 10.1. The van der Waals surface area contributed by atoms with Crippen LogP contribution in [0.5, 0.6) is 0 Å². The zero-order valence-electron chi connectivity index (χ0n) is 7.92. The van der Waals surface area contributed by atoms with Crippen molar-refractivity contribution in [1.29, 1.82) is 0 Å². The van der Waals surface area contributed by atoms with Crippen LogP contribution in [-0.4, -0.2) is 37.5 Å². The molecule has 4 N–H and O–H groups in total. The van der Waals surface area contributed by atoms with Crippen molar-refractivity contribution in [1.82, 2.24) is 4.90 Å². The Hall–Kier alpha value is -0.610. The molecule has 0 unspecified atom stereocenters. The first-order valence-electron chi connectivity index (χ1n) is 4.25. The zero-order chi connectivity index (χ0) is 9.56. The highest BCUT2D eigenvalue weighted by molar-refractivity contribution is 5.79. The lowest BCUT2D eigenvalue weighted by molar-refractivity contribution is -0.122. The van der Waals surface area contributed by atoms with Crippen LogP contribution in [-0.2, 0) is 4.79 Å². The number of primary amides is 1. The molecule has 4 nitrogen and oxygen atoms in total. The molecule has 4 heteroatoms. The van der Waals surface area contributed by atoms with Gasteiger partial charge in [0.05, 0.1) is 6.04 Å². The fourth-order valence-electron chi connectivity index (χ4n) is 1.14. The first-order chi connectivity index (χ1) is 5.59. The van der Waals surface area contributed by atoms with E-state index < -0.39 is 0 Å². The van der Waals surface area contributed by atoms with E-state index in [9.17, 15) is 4.79 Å². The van der Waals surface area contributed by atoms with Crippen LogP contribution in [0, 0.1) is 0 Å². The van der Waals surface area contributed by atoms with Crippen LogP contribution in [0.15, 0.2) is 0 Å². The van der Waals surface area contributed by atoms with Gasteiger partial charge in [-0.15, -0.1) is 0 Å². The van der Waals surface area contributed by atoms with Gasteiger partial charge in [0.15, 0.2) is 0 Å². The lowest BCUT2D eigenvalue weighted by Crippen LogP contribution is -2.40. The first-order valence-corrected chi connectivity index (χ1v) is 4.25. The molecule has 72 valence electrons. The Balaban J connectivity index is 3.72. The van der Waals surface area contributed by atoms with Crippen molar-refractivity contribution in [2.24, 2.45) is 11.5 Å². The van der Waals surface area contributed by atoms with E-state index in [1.165, 1.54) is 0 Å². The third-order valence-corrected chi connectivity index (χ3v) is 1.88. The Kier molecular flexibility index (Phi) is 5.66. The van der Waals surface area contributed by atoms with Crippen molar-refractivity contribution in [3.8, 4) is 0 Å². The summed E-state index contributed by atoms with van der Waals surface area (Å²) in [6.07, 6.45) is 2.72. The number of amides is 1. The van der Waals surface area contributed by atoms with Crippen molar-refractivity contribution < 1.29 is 4.79 Å². The van der Waals surface area contributed by atoms with Gasteiger partial charge in [-0.25, -0.2) is 0 Å². The molecule has 0 aromatic rings. The normalized spacial score (nSPS) is 13.3. The number of rotatable bonds is 6. The van der Waals surface area contributed by atoms with E-state index in [2.05, 4.69) is 0 Å². The SMILES string of the molecule is CN(C)[C@@H](CCCCN)C(N)=O. The molecule has 0 saturated heterocycles. The monoisotopic (exact) mass is 173 g/mol. The predicted octanol–water partition coefficient (Wildman–Crippen LogP) is -0.469. The van der Waals surface area contributed by atoms with E-state index in [1.54, 1.807) is 0 Å². The van der Waals surface area contributed by atoms with Crippen molar-refractivity contribution in [2.45, 2.75) is 25.3 Å². The van der Waals surface area contributed by atoms with Gasteiger partial charge in [0.25, 0.3) is 0 Å². The molecule has 0 radical (unpaired) electrons. The molecule has 0 rings (SSSR count). The molecule has 12 heavy (non-hydrogen) atoms. The molecule has 0 aliphatic heterocycles. The van der Waals surface area contributed by atoms with Crippen LogP contribution < -0.4 is 11.5 Å². The smallest absolute Gasteiger partial charge is 0.234 e. The van der Waals surface area contributed by atoms with Crippen LogP contribution in [0.4, 0.5) is 0 Å². The number of nitrogens with two attached hydrogens (primary N) is 2. The minimum Gasteiger partial charge on any atom is -0.368 e. The van der Waals surface area contributed by atoms with Gasteiger partial charge in [-0.05, 0) is 33.5 Å². The largest absolute Gasteiger partial charge is 0.368 e. The van der Waals surface area contributed by atoms with Crippen LogP contribution in [0.3, 0.4) is 0 Å². The second-order valence-electron chi connectivity index (χ2n) is 3.17. The molecule has 0 bridgehead atoms. The summed E-state index contributed by atoms with van der Waals surface area (Å²) in [5.41, 5.74) is 10.5. The lowest BCUT2D eigenvalue weighted by Gasteiger charge is -2.20. The van der Waals surface area contributed by atoms with Gasteiger partial charge in [-0.1, -0.05) is 6.42 Å². The summed E-state index contributed by atoms with van der Waals surface area (Å²) in [7, 11) is 3.72. The second-order valence-corrected chi connectivity index (χ2v) is 3.17. The summed E-state index contributed by atoms with van der Waals surface area (Å²) < 4.78 is 0. The Morgan fingerprint density at radius 2 is 2.00 bits per heavy atom. The Bertz CT molecular complexity index is 136. The molecule has 0 aliphatic carbocycles. The van der Waals surface area contributed by atoms with Gasteiger partial charge in [-0.2, -0.15) is 0 Å². The molecule has 1 amide bonds. The fraction of sp³-hybridized carbons (Fsp3) is 0.875. The summed E-state index contributed by atoms with van der Waals surface area (Å²) in [5.74, 6) is -0.253. The van der Waals surface area contributed by atoms with E-state index in [1.807, 2.05) is 19.0 Å². The van der Waals surface area contributed by atoms with Crippen LogP contribution >= 0.6 is 0 Å². The number of carbonyl (C=O) groups excluding carboxylic acids is 1. The number of hydrogen-bond donors (Lipinski definition) is 2. The maximum Gasteiger partial charge on any atom is 0.234 e. The molecule has 0 aromatic carbocycles. The van der Waals surface area contributed by atoms with Gasteiger partial charge >= 0.3 is 0 Å². The number of unbranched alkanes of at least 4 members (excludes halogenated alkanes) is 1. The van der Waals surface area contributed by atoms with E-state index in [4.69, 9.17) is 11.5 Å². The third-order valence-electron chi connectivity index (χ3n) is 1.88. The molecule has 0 heterocycles. The van der Waals surface area contributed by atoms with E-state index in [0.717, 1.165) is 19.3 Å². The van der Waals surface area contributed by atoms with Crippen LogP contribution in [0.1, 0.15) is 19.3 Å². The fourth-order valence-corrected chi connectivity index (χ4v) is 1.14. The Morgan fingerprint density at radius 3 is 2.33 bits per heavy atom. The van der Waals surface area contributed by atoms with E-state index >= 15 is 0 Å². The third kappa shape index (κ3) is 4.31. The summed E-state index contributed by atoms with van der Waals surface area (Å²) in [5, 5.41) is 0. The molecular weight excluding hydrogens is 154 g/mol. The summed E-state index contributed by atoms with van der Waals surface area (Å²) in [4.78, 5) is 12.7. The number of nitrogens with zero attached hydrogens (tertiary/aromatic N) is 1. The number of hydrogen-bond acceptors (Lipinski definition) is 3. The molecular formula is C8H19N3O. The number of likely N-dealkylation sites (N-methyl/N-ethyl adjacent to an activating group) is 1. The quantitative estimate of drug-likeness (QED) is 0.533. The average molecular weight is 173 g/mol. The maximum atomic E-state index is 10.9. The van der Waals surface area contributed by atoms with E-state index in [0.29, 0.717) is 6.54 Å². The van der Waals surface area contributed by atoms with Gasteiger partial charge < -0.3 is 11.5 Å². The molecule has 0 aliphatic rings. The van der Waals surface area contributed by atoms with Crippen molar-refractivity contribution in [3.63, 3.8) is 0 Å². The molecule has 0 saturated carbocycles. The van der Waals surface area contributed by atoms with Crippen molar-refractivity contribution in [2.75, 3.05) is 20.6 Å². The average Bonchev–Trinajstić information content (AvgIpc) is 1.96.